The third-order valence-corrected chi connectivity index (χ3v) is 5.58. The Morgan fingerprint density at radius 1 is 1.03 bits per heavy atom. The van der Waals surface area contributed by atoms with E-state index in [4.69, 9.17) is 21.1 Å². The fraction of sp³-hybridized carbons (Fsp3) is 0.280. The lowest BCUT2D eigenvalue weighted by molar-refractivity contribution is -0.384. The van der Waals surface area contributed by atoms with Gasteiger partial charge in [-0.15, -0.1) is 0 Å². The maximum absolute atomic E-state index is 10.8. The first-order chi connectivity index (χ1) is 15.5. The molecule has 0 aliphatic rings. The van der Waals surface area contributed by atoms with Gasteiger partial charge in [0.25, 0.3) is 5.69 Å². The molecule has 0 amide bonds. The lowest BCUT2D eigenvalue weighted by Gasteiger charge is -2.17. The van der Waals surface area contributed by atoms with Gasteiger partial charge in [0.15, 0.2) is 11.5 Å². The Morgan fingerprint density at radius 2 is 1.75 bits per heavy atom. The van der Waals surface area contributed by atoms with E-state index in [1.165, 1.54) is 17.7 Å². The van der Waals surface area contributed by atoms with Crippen molar-refractivity contribution in [3.8, 4) is 11.5 Å². The van der Waals surface area contributed by atoms with Crippen LogP contribution in [0.5, 0.6) is 11.5 Å². The zero-order valence-electron chi connectivity index (χ0n) is 18.2. The lowest BCUT2D eigenvalue weighted by atomic mass is 10.1. The Hall–Kier alpha value is -3.09. The Bertz CT molecular complexity index is 1030. The predicted octanol–water partition coefficient (Wildman–Crippen LogP) is 5.95. The summed E-state index contributed by atoms with van der Waals surface area (Å²) in [5.74, 6) is 1.11. The predicted molar refractivity (Wildman–Crippen MR) is 126 cm³/mol. The molecule has 3 rings (SSSR count). The SMILES string of the molecule is COc1cc(CNC(C)CCc2ccccc2)c(Cl)cc1OCc1ccc([N+](=O)[O-])cc1. The number of nitro benzene ring substituents is 1. The van der Waals surface area contributed by atoms with Gasteiger partial charge in [-0.3, -0.25) is 10.1 Å². The molecule has 0 bridgehead atoms. The first-order valence-electron chi connectivity index (χ1n) is 10.5. The fourth-order valence-corrected chi connectivity index (χ4v) is 3.49. The summed E-state index contributed by atoms with van der Waals surface area (Å²) in [7, 11) is 1.58. The number of rotatable bonds is 11. The molecule has 32 heavy (non-hydrogen) atoms. The van der Waals surface area contributed by atoms with Crippen molar-refractivity contribution in [2.45, 2.75) is 39.0 Å². The summed E-state index contributed by atoms with van der Waals surface area (Å²) in [6.07, 6.45) is 2.04. The van der Waals surface area contributed by atoms with Crippen molar-refractivity contribution in [3.63, 3.8) is 0 Å². The third-order valence-electron chi connectivity index (χ3n) is 5.22. The molecule has 3 aromatic rings. The molecule has 0 aliphatic heterocycles. The number of nitro groups is 1. The lowest BCUT2D eigenvalue weighted by Crippen LogP contribution is -2.26. The molecule has 0 radical (unpaired) electrons. The summed E-state index contributed by atoms with van der Waals surface area (Å²) in [4.78, 5) is 10.4. The topological polar surface area (TPSA) is 73.6 Å². The van der Waals surface area contributed by atoms with E-state index in [0.717, 1.165) is 24.0 Å². The van der Waals surface area contributed by atoms with E-state index >= 15 is 0 Å². The standard InChI is InChI=1S/C25H27ClN2O4/c1-18(8-9-19-6-4-3-5-7-19)27-16-21-14-24(31-2)25(15-23(21)26)32-17-20-10-12-22(13-11-20)28(29)30/h3-7,10-15,18,27H,8-9,16-17H2,1-2H3. The fourth-order valence-electron chi connectivity index (χ4n) is 3.27. The number of hydrogen-bond donors (Lipinski definition) is 1. The molecule has 0 saturated heterocycles. The average molecular weight is 455 g/mol. The normalized spacial score (nSPS) is 11.7. The molecule has 1 atom stereocenters. The molecule has 0 aliphatic carbocycles. The minimum absolute atomic E-state index is 0.0456. The van der Waals surface area contributed by atoms with Crippen LogP contribution in [0.15, 0.2) is 66.7 Å². The molecular formula is C25H27ClN2O4. The highest BCUT2D eigenvalue weighted by Gasteiger charge is 2.13. The highest BCUT2D eigenvalue weighted by Crippen LogP contribution is 2.34. The zero-order valence-corrected chi connectivity index (χ0v) is 19.0. The number of benzene rings is 3. The van der Waals surface area contributed by atoms with Crippen molar-refractivity contribution < 1.29 is 14.4 Å². The van der Waals surface area contributed by atoms with Crippen LogP contribution in [0.3, 0.4) is 0 Å². The molecule has 0 fully saturated rings. The Morgan fingerprint density at radius 3 is 2.41 bits per heavy atom. The number of nitrogens with zero attached hydrogens (tertiary/aromatic N) is 1. The van der Waals surface area contributed by atoms with Crippen LogP contribution in [0.4, 0.5) is 5.69 Å². The van der Waals surface area contributed by atoms with Gasteiger partial charge in [-0.2, -0.15) is 0 Å². The highest BCUT2D eigenvalue weighted by molar-refractivity contribution is 6.31. The Balaban J connectivity index is 1.57. The quantitative estimate of drug-likeness (QED) is 0.286. The number of nitrogens with one attached hydrogen (secondary N) is 1. The number of non-ortho nitro benzene ring substituents is 1. The average Bonchev–Trinajstić information content (AvgIpc) is 2.81. The molecule has 1 unspecified atom stereocenters. The minimum Gasteiger partial charge on any atom is -0.493 e. The molecule has 0 heterocycles. The van der Waals surface area contributed by atoms with Crippen molar-refractivity contribution in [2.75, 3.05) is 7.11 Å². The molecule has 3 aromatic carbocycles. The zero-order chi connectivity index (χ0) is 22.9. The largest absolute Gasteiger partial charge is 0.493 e. The third kappa shape index (κ3) is 6.70. The number of methoxy groups -OCH3 is 1. The molecule has 1 N–H and O–H groups in total. The van der Waals surface area contributed by atoms with Crippen LogP contribution in [0.25, 0.3) is 0 Å². The van der Waals surface area contributed by atoms with Crippen molar-refractivity contribution in [2.24, 2.45) is 0 Å². The van der Waals surface area contributed by atoms with Gasteiger partial charge < -0.3 is 14.8 Å². The van der Waals surface area contributed by atoms with Gasteiger partial charge in [0.2, 0.25) is 0 Å². The van der Waals surface area contributed by atoms with Crippen LogP contribution in [-0.2, 0) is 19.6 Å². The molecule has 0 saturated carbocycles. The second-order valence-electron chi connectivity index (χ2n) is 7.61. The van der Waals surface area contributed by atoms with Crippen molar-refractivity contribution in [1.29, 1.82) is 0 Å². The van der Waals surface area contributed by atoms with Crippen LogP contribution in [0, 0.1) is 10.1 Å². The smallest absolute Gasteiger partial charge is 0.269 e. The summed E-state index contributed by atoms with van der Waals surface area (Å²) < 4.78 is 11.4. The monoisotopic (exact) mass is 454 g/mol. The van der Waals surface area contributed by atoms with Gasteiger partial charge >= 0.3 is 0 Å². The second kappa shape index (κ2) is 11.5. The molecule has 6 nitrogen and oxygen atoms in total. The number of halogens is 1. The van der Waals surface area contributed by atoms with Crippen molar-refractivity contribution in [3.05, 3.63) is 98.6 Å². The van der Waals surface area contributed by atoms with Crippen LogP contribution >= 0.6 is 11.6 Å². The summed E-state index contributed by atoms with van der Waals surface area (Å²) in [5, 5.41) is 14.9. The summed E-state index contributed by atoms with van der Waals surface area (Å²) >= 11 is 6.50. The number of hydrogen-bond acceptors (Lipinski definition) is 5. The van der Waals surface area contributed by atoms with E-state index < -0.39 is 4.92 Å². The van der Waals surface area contributed by atoms with Crippen LogP contribution < -0.4 is 14.8 Å². The first kappa shape index (κ1) is 23.6. The molecule has 7 heteroatoms. The Labute approximate surface area is 193 Å². The van der Waals surface area contributed by atoms with Gasteiger partial charge in [-0.05, 0) is 54.7 Å². The van der Waals surface area contributed by atoms with Gasteiger partial charge in [0.05, 0.1) is 12.0 Å². The van der Waals surface area contributed by atoms with E-state index in [1.54, 1.807) is 25.3 Å². The van der Waals surface area contributed by atoms with E-state index in [-0.39, 0.29) is 12.3 Å². The van der Waals surface area contributed by atoms with Crippen molar-refractivity contribution >= 4 is 17.3 Å². The Kier molecular flexibility index (Phi) is 8.48. The van der Waals surface area contributed by atoms with E-state index in [0.29, 0.717) is 29.1 Å². The van der Waals surface area contributed by atoms with Crippen LogP contribution in [0.1, 0.15) is 30.0 Å². The van der Waals surface area contributed by atoms with Gasteiger partial charge in [0, 0.05) is 35.8 Å². The van der Waals surface area contributed by atoms with Crippen LogP contribution in [-0.4, -0.2) is 18.1 Å². The maximum Gasteiger partial charge on any atom is 0.269 e. The molecule has 0 spiro atoms. The summed E-state index contributed by atoms with van der Waals surface area (Å²) in [6, 6.07) is 20.6. The second-order valence-corrected chi connectivity index (χ2v) is 8.02. The summed E-state index contributed by atoms with van der Waals surface area (Å²) in [5.41, 5.74) is 3.11. The minimum atomic E-state index is -0.428. The summed E-state index contributed by atoms with van der Waals surface area (Å²) in [6.45, 7) is 3.03. The molecule has 168 valence electrons. The van der Waals surface area contributed by atoms with E-state index in [2.05, 4.69) is 36.5 Å². The van der Waals surface area contributed by atoms with Gasteiger partial charge in [-0.1, -0.05) is 41.9 Å². The molecule has 0 aromatic heterocycles. The highest BCUT2D eigenvalue weighted by atomic mass is 35.5. The first-order valence-corrected chi connectivity index (χ1v) is 10.8. The number of ether oxygens (including phenoxy) is 2. The maximum atomic E-state index is 10.8. The van der Waals surface area contributed by atoms with Crippen LogP contribution in [0.2, 0.25) is 5.02 Å². The van der Waals surface area contributed by atoms with E-state index in [1.807, 2.05) is 12.1 Å². The van der Waals surface area contributed by atoms with Gasteiger partial charge in [0.1, 0.15) is 6.61 Å². The van der Waals surface area contributed by atoms with Gasteiger partial charge in [-0.25, -0.2) is 0 Å². The van der Waals surface area contributed by atoms with E-state index in [9.17, 15) is 10.1 Å². The molecular weight excluding hydrogens is 428 g/mol. The number of aryl methyl sites for hydroxylation is 1. The van der Waals surface area contributed by atoms with Crippen molar-refractivity contribution in [1.82, 2.24) is 5.32 Å².